The summed E-state index contributed by atoms with van der Waals surface area (Å²) in [5, 5.41) is 7.76. The molecular weight excluding hydrogens is 380 g/mol. The Morgan fingerprint density at radius 2 is 2.00 bits per heavy atom. The molecule has 1 saturated heterocycles. The van der Waals surface area contributed by atoms with Gasteiger partial charge in [0.05, 0.1) is 5.71 Å². The van der Waals surface area contributed by atoms with Crippen LogP contribution in [0, 0.1) is 23.2 Å². The number of nitrogens with one attached hydrogen (secondary N) is 1. The van der Waals surface area contributed by atoms with Crippen molar-refractivity contribution in [1.82, 2.24) is 5.32 Å². The van der Waals surface area contributed by atoms with E-state index in [1.807, 2.05) is 0 Å². The SMILES string of the molecule is CC(=O)O[C@]12CC/C(=N\OC3CCNC3)C=C1CCC1C3CCC(=O)[C@@]3(C)CCC12. The van der Waals surface area contributed by atoms with Crippen LogP contribution in [0.5, 0.6) is 0 Å². The molecule has 0 aromatic carbocycles. The van der Waals surface area contributed by atoms with Gasteiger partial charge in [0.1, 0.15) is 17.5 Å². The van der Waals surface area contributed by atoms with Gasteiger partial charge in [0.2, 0.25) is 0 Å². The average Bonchev–Trinajstić information content (AvgIpc) is 3.34. The van der Waals surface area contributed by atoms with Crippen molar-refractivity contribution >= 4 is 17.5 Å². The molecule has 6 nitrogen and oxygen atoms in total. The number of carbonyl (C=O) groups excluding carboxylic acids is 2. The van der Waals surface area contributed by atoms with Crippen molar-refractivity contribution in [3.05, 3.63) is 11.6 Å². The predicted octanol–water partition coefficient (Wildman–Crippen LogP) is 3.55. The summed E-state index contributed by atoms with van der Waals surface area (Å²) in [6.07, 6.45) is 10.4. The van der Waals surface area contributed by atoms with Crippen LogP contribution in [-0.4, -0.2) is 42.3 Å². The van der Waals surface area contributed by atoms with Crippen LogP contribution < -0.4 is 5.32 Å². The van der Waals surface area contributed by atoms with E-state index in [4.69, 9.17) is 9.57 Å². The van der Waals surface area contributed by atoms with Crippen LogP contribution in [0.2, 0.25) is 0 Å². The van der Waals surface area contributed by atoms with Crippen molar-refractivity contribution in [3.8, 4) is 0 Å². The van der Waals surface area contributed by atoms with Gasteiger partial charge in [0.25, 0.3) is 0 Å². The second-order valence-electron chi connectivity index (χ2n) is 10.3. The van der Waals surface area contributed by atoms with Crippen LogP contribution in [0.1, 0.15) is 71.6 Å². The van der Waals surface area contributed by atoms with Gasteiger partial charge >= 0.3 is 5.97 Å². The molecule has 0 bridgehead atoms. The Balaban J connectivity index is 1.43. The second-order valence-corrected chi connectivity index (χ2v) is 10.3. The van der Waals surface area contributed by atoms with Crippen molar-refractivity contribution in [2.45, 2.75) is 83.3 Å². The summed E-state index contributed by atoms with van der Waals surface area (Å²) >= 11 is 0. The lowest BCUT2D eigenvalue weighted by Gasteiger charge is -2.56. The molecule has 4 fully saturated rings. The monoisotopic (exact) mass is 414 g/mol. The maximum atomic E-state index is 12.6. The molecule has 30 heavy (non-hydrogen) atoms. The number of allylic oxidation sites excluding steroid dienone is 1. The lowest BCUT2D eigenvalue weighted by molar-refractivity contribution is -0.173. The van der Waals surface area contributed by atoms with Gasteiger partial charge in [-0.1, -0.05) is 12.1 Å². The van der Waals surface area contributed by atoms with Gasteiger partial charge in [-0.25, -0.2) is 0 Å². The number of rotatable bonds is 3. The van der Waals surface area contributed by atoms with Crippen LogP contribution in [0.4, 0.5) is 0 Å². The van der Waals surface area contributed by atoms with Crippen LogP contribution >= 0.6 is 0 Å². The van der Waals surface area contributed by atoms with E-state index in [0.717, 1.165) is 76.6 Å². The zero-order valence-corrected chi connectivity index (χ0v) is 18.2. The smallest absolute Gasteiger partial charge is 0.303 e. The molecular formula is C24H34N2O4. The Morgan fingerprint density at radius 1 is 1.13 bits per heavy atom. The van der Waals surface area contributed by atoms with Gasteiger partial charge in [-0.2, -0.15) is 0 Å². The molecule has 3 saturated carbocycles. The number of esters is 1. The molecule has 5 aliphatic rings. The molecule has 1 aliphatic heterocycles. The van der Waals surface area contributed by atoms with E-state index in [2.05, 4.69) is 23.5 Å². The molecule has 0 radical (unpaired) electrons. The zero-order valence-electron chi connectivity index (χ0n) is 18.2. The van der Waals surface area contributed by atoms with E-state index < -0.39 is 5.60 Å². The third-order valence-electron chi connectivity index (χ3n) is 8.79. The number of ether oxygens (including phenoxy) is 1. The summed E-state index contributed by atoms with van der Waals surface area (Å²) in [6, 6.07) is 0. The van der Waals surface area contributed by atoms with Gasteiger partial charge in [-0.15, -0.1) is 0 Å². The molecule has 6 heteroatoms. The number of oxime groups is 1. The number of fused-ring (bicyclic) bond motifs is 5. The normalized spacial score (nSPS) is 44.1. The summed E-state index contributed by atoms with van der Waals surface area (Å²) < 4.78 is 6.19. The largest absolute Gasteiger partial charge is 0.454 e. The summed E-state index contributed by atoms with van der Waals surface area (Å²) in [4.78, 5) is 30.6. The Bertz CT molecular complexity index is 799. The summed E-state index contributed by atoms with van der Waals surface area (Å²) in [6.45, 7) is 5.56. The molecule has 5 rings (SSSR count). The number of carbonyl (C=O) groups is 2. The average molecular weight is 415 g/mol. The highest BCUT2D eigenvalue weighted by Gasteiger charge is 2.61. The highest BCUT2D eigenvalue weighted by molar-refractivity contribution is 5.96. The quantitative estimate of drug-likeness (QED) is 0.565. The number of ketones is 1. The summed E-state index contributed by atoms with van der Waals surface area (Å²) in [5.41, 5.74) is 1.50. The zero-order chi connectivity index (χ0) is 20.9. The molecule has 4 unspecified atom stereocenters. The van der Waals surface area contributed by atoms with Gasteiger partial charge in [0.15, 0.2) is 0 Å². The topological polar surface area (TPSA) is 77.0 Å². The predicted molar refractivity (Wildman–Crippen MR) is 113 cm³/mol. The molecule has 1 N–H and O–H groups in total. The minimum absolute atomic E-state index is 0.155. The molecule has 1 heterocycles. The Labute approximate surface area is 178 Å². The summed E-state index contributed by atoms with van der Waals surface area (Å²) in [5.74, 6) is 1.46. The van der Waals surface area contributed by atoms with E-state index in [1.165, 1.54) is 12.5 Å². The maximum absolute atomic E-state index is 12.6. The van der Waals surface area contributed by atoms with E-state index in [9.17, 15) is 9.59 Å². The van der Waals surface area contributed by atoms with Crippen molar-refractivity contribution in [3.63, 3.8) is 0 Å². The summed E-state index contributed by atoms with van der Waals surface area (Å²) in [7, 11) is 0. The number of Topliss-reactive ketones (excluding diaryl/α,β-unsaturated/α-hetero) is 1. The lowest BCUT2D eigenvalue weighted by atomic mass is 9.50. The van der Waals surface area contributed by atoms with E-state index >= 15 is 0 Å². The maximum Gasteiger partial charge on any atom is 0.303 e. The highest BCUT2D eigenvalue weighted by Crippen LogP contribution is 2.62. The molecule has 6 atom stereocenters. The fraction of sp³-hybridized carbons (Fsp3) is 0.792. The standard InChI is InChI=1S/C24H34N2O4/c1-15(27)29-24-11-7-17(26-30-18-9-12-25-14-18)13-16(24)3-4-19-20-5-6-22(28)23(20,2)10-8-21(19)24/h13,18-21,25H,3-12,14H2,1-2H3/b26-17+/t18?,19?,20?,21?,23-,24+/m0/s1. The first-order valence-corrected chi connectivity index (χ1v) is 11.8. The Morgan fingerprint density at radius 3 is 2.77 bits per heavy atom. The Hall–Kier alpha value is -1.69. The first-order valence-electron chi connectivity index (χ1n) is 11.8. The Kier molecular flexibility index (Phi) is 5.04. The van der Waals surface area contributed by atoms with Gasteiger partial charge in [0, 0.05) is 37.6 Å². The number of nitrogens with zero attached hydrogens (tertiary/aromatic N) is 1. The van der Waals surface area contributed by atoms with E-state index in [0.29, 0.717) is 23.5 Å². The highest BCUT2D eigenvalue weighted by atomic mass is 16.6. The molecule has 0 aromatic rings. The third kappa shape index (κ3) is 3.14. The van der Waals surface area contributed by atoms with Crippen molar-refractivity contribution in [2.24, 2.45) is 28.3 Å². The van der Waals surface area contributed by atoms with E-state index in [-0.39, 0.29) is 17.5 Å². The van der Waals surface area contributed by atoms with Crippen molar-refractivity contribution < 1.29 is 19.2 Å². The van der Waals surface area contributed by atoms with E-state index in [1.54, 1.807) is 0 Å². The van der Waals surface area contributed by atoms with Gasteiger partial charge in [-0.3, -0.25) is 9.59 Å². The molecule has 0 spiro atoms. The number of hydrogen-bond donors (Lipinski definition) is 1. The molecule has 4 aliphatic carbocycles. The molecule has 164 valence electrons. The third-order valence-corrected chi connectivity index (χ3v) is 8.79. The minimum Gasteiger partial charge on any atom is -0.454 e. The van der Waals surface area contributed by atoms with Crippen LogP contribution in [0.3, 0.4) is 0 Å². The number of hydrogen-bond acceptors (Lipinski definition) is 6. The lowest BCUT2D eigenvalue weighted by Crippen LogP contribution is -2.57. The van der Waals surface area contributed by atoms with Gasteiger partial charge < -0.3 is 14.9 Å². The van der Waals surface area contributed by atoms with Gasteiger partial charge in [-0.05, 0) is 75.0 Å². The van der Waals surface area contributed by atoms with Crippen LogP contribution in [-0.2, 0) is 19.2 Å². The molecule has 0 amide bonds. The molecule has 0 aromatic heterocycles. The minimum atomic E-state index is -0.518. The van der Waals surface area contributed by atoms with Crippen LogP contribution in [0.15, 0.2) is 16.8 Å². The van der Waals surface area contributed by atoms with Crippen molar-refractivity contribution in [2.75, 3.05) is 13.1 Å². The first kappa shape index (κ1) is 20.2. The first-order chi connectivity index (χ1) is 14.4. The fourth-order valence-electron chi connectivity index (χ4n) is 7.32. The fourth-order valence-corrected chi connectivity index (χ4v) is 7.32. The second kappa shape index (κ2) is 7.47. The van der Waals surface area contributed by atoms with Crippen molar-refractivity contribution in [1.29, 1.82) is 0 Å². The van der Waals surface area contributed by atoms with Crippen LogP contribution in [0.25, 0.3) is 0 Å².